The largest absolute Gasteiger partial charge is 0.478 e. The summed E-state index contributed by atoms with van der Waals surface area (Å²) in [4.78, 5) is 11.4. The van der Waals surface area contributed by atoms with E-state index in [1.807, 2.05) is 6.92 Å². The second-order valence-electron chi connectivity index (χ2n) is 3.67. The van der Waals surface area contributed by atoms with Crippen LogP contribution in [0.1, 0.15) is 21.8 Å². The average molecular weight is 267 g/mol. The fourth-order valence-corrected chi connectivity index (χ4v) is 2.21. The Balaban J connectivity index is 2.10. The zero-order valence-electron chi connectivity index (χ0n) is 9.51. The molecule has 0 unspecified atom stereocenters. The monoisotopic (exact) mass is 267 g/mol. The van der Waals surface area contributed by atoms with Crippen LogP contribution >= 0.6 is 11.8 Å². The number of carbonyl (C=O) groups is 1. The predicted molar refractivity (Wildman–Crippen MR) is 64.2 cm³/mol. The minimum atomic E-state index is -1.27. The SMILES string of the molecule is Cc1cc(CSc2ccc(F)c(C(=O)O)c2)on1. The van der Waals surface area contributed by atoms with Crippen molar-refractivity contribution in [3.63, 3.8) is 0 Å². The summed E-state index contributed by atoms with van der Waals surface area (Å²) in [7, 11) is 0. The number of carboxylic acid groups (broad SMARTS) is 1. The maximum Gasteiger partial charge on any atom is 0.338 e. The molecule has 0 aliphatic rings. The summed E-state index contributed by atoms with van der Waals surface area (Å²) < 4.78 is 18.2. The number of thioether (sulfide) groups is 1. The van der Waals surface area contributed by atoms with Gasteiger partial charge in [0.2, 0.25) is 0 Å². The molecule has 0 amide bonds. The van der Waals surface area contributed by atoms with Crippen molar-refractivity contribution >= 4 is 17.7 Å². The first-order chi connectivity index (χ1) is 8.56. The van der Waals surface area contributed by atoms with Crippen molar-refractivity contribution in [3.8, 4) is 0 Å². The highest BCUT2D eigenvalue weighted by molar-refractivity contribution is 7.98. The Hall–Kier alpha value is -1.82. The third kappa shape index (κ3) is 2.89. The molecule has 0 fully saturated rings. The van der Waals surface area contributed by atoms with Crippen LogP contribution in [-0.2, 0) is 5.75 Å². The Morgan fingerprint density at radius 1 is 1.50 bits per heavy atom. The van der Waals surface area contributed by atoms with Gasteiger partial charge in [0.1, 0.15) is 11.6 Å². The van der Waals surface area contributed by atoms with Crippen LogP contribution in [0, 0.1) is 12.7 Å². The van der Waals surface area contributed by atoms with E-state index in [2.05, 4.69) is 5.16 Å². The topological polar surface area (TPSA) is 63.3 Å². The van der Waals surface area contributed by atoms with Crippen molar-refractivity contribution in [1.29, 1.82) is 0 Å². The average Bonchev–Trinajstić information content (AvgIpc) is 2.74. The summed E-state index contributed by atoms with van der Waals surface area (Å²) in [5.41, 5.74) is 0.463. The van der Waals surface area contributed by atoms with Gasteiger partial charge in [-0.05, 0) is 25.1 Å². The Morgan fingerprint density at radius 2 is 2.28 bits per heavy atom. The summed E-state index contributed by atoms with van der Waals surface area (Å²) in [5.74, 6) is -0.794. The maximum absolute atomic E-state index is 13.2. The van der Waals surface area contributed by atoms with E-state index in [1.54, 1.807) is 6.07 Å². The van der Waals surface area contributed by atoms with E-state index in [-0.39, 0.29) is 5.56 Å². The van der Waals surface area contributed by atoms with Gasteiger partial charge in [-0.3, -0.25) is 0 Å². The van der Waals surface area contributed by atoms with Gasteiger partial charge in [-0.15, -0.1) is 11.8 Å². The number of hydrogen-bond acceptors (Lipinski definition) is 4. The lowest BCUT2D eigenvalue weighted by Crippen LogP contribution is -2.00. The molecule has 0 aliphatic carbocycles. The lowest BCUT2D eigenvalue weighted by Gasteiger charge is -2.02. The fourth-order valence-electron chi connectivity index (χ4n) is 1.40. The molecule has 1 heterocycles. The van der Waals surface area contributed by atoms with Crippen LogP contribution in [0.15, 0.2) is 33.7 Å². The van der Waals surface area contributed by atoms with Crippen LogP contribution in [0.3, 0.4) is 0 Å². The molecule has 1 aromatic heterocycles. The van der Waals surface area contributed by atoms with Crippen LogP contribution in [0.2, 0.25) is 0 Å². The van der Waals surface area contributed by atoms with Gasteiger partial charge in [-0.2, -0.15) is 0 Å². The molecule has 0 bridgehead atoms. The second kappa shape index (κ2) is 5.22. The zero-order chi connectivity index (χ0) is 13.1. The summed E-state index contributed by atoms with van der Waals surface area (Å²) in [6.45, 7) is 1.82. The summed E-state index contributed by atoms with van der Waals surface area (Å²) in [6, 6.07) is 5.80. The van der Waals surface area contributed by atoms with E-state index < -0.39 is 11.8 Å². The molecule has 0 aliphatic heterocycles. The van der Waals surface area contributed by atoms with Crippen LogP contribution in [0.4, 0.5) is 4.39 Å². The highest BCUT2D eigenvalue weighted by Crippen LogP contribution is 2.25. The number of aromatic carboxylic acids is 1. The van der Waals surface area contributed by atoms with Gasteiger partial charge >= 0.3 is 5.97 Å². The van der Waals surface area contributed by atoms with E-state index in [1.165, 1.54) is 23.9 Å². The summed E-state index contributed by atoms with van der Waals surface area (Å²) in [5, 5.41) is 12.5. The lowest BCUT2D eigenvalue weighted by atomic mass is 10.2. The van der Waals surface area contributed by atoms with Gasteiger partial charge in [0.25, 0.3) is 0 Å². The zero-order valence-corrected chi connectivity index (χ0v) is 10.3. The number of nitrogens with zero attached hydrogens (tertiary/aromatic N) is 1. The number of benzene rings is 1. The predicted octanol–water partition coefficient (Wildman–Crippen LogP) is 3.11. The Kier molecular flexibility index (Phi) is 3.66. The summed E-state index contributed by atoms with van der Waals surface area (Å²) >= 11 is 1.36. The molecule has 1 N–H and O–H groups in total. The van der Waals surface area contributed by atoms with E-state index in [0.717, 1.165) is 11.8 Å². The number of halogens is 1. The Labute approximate surface area is 107 Å². The number of aryl methyl sites for hydroxylation is 1. The van der Waals surface area contributed by atoms with Crippen molar-refractivity contribution in [2.45, 2.75) is 17.6 Å². The molecule has 2 rings (SSSR count). The minimum Gasteiger partial charge on any atom is -0.478 e. The number of hydrogen-bond donors (Lipinski definition) is 1. The quantitative estimate of drug-likeness (QED) is 0.862. The van der Waals surface area contributed by atoms with Crippen LogP contribution in [-0.4, -0.2) is 16.2 Å². The van der Waals surface area contributed by atoms with Crippen LogP contribution in [0.25, 0.3) is 0 Å². The molecular formula is C12H10FNO3S. The van der Waals surface area contributed by atoms with E-state index in [4.69, 9.17) is 9.63 Å². The number of carboxylic acids is 1. The third-order valence-electron chi connectivity index (χ3n) is 2.23. The molecule has 0 spiro atoms. The van der Waals surface area contributed by atoms with Crippen molar-refractivity contribution in [1.82, 2.24) is 5.16 Å². The third-order valence-corrected chi connectivity index (χ3v) is 3.24. The molecule has 94 valence electrons. The fraction of sp³-hybridized carbons (Fsp3) is 0.167. The molecule has 1 aromatic carbocycles. The highest BCUT2D eigenvalue weighted by atomic mass is 32.2. The molecule has 0 saturated heterocycles. The normalized spacial score (nSPS) is 10.6. The van der Waals surface area contributed by atoms with Crippen LogP contribution < -0.4 is 0 Å². The Morgan fingerprint density at radius 3 is 2.89 bits per heavy atom. The van der Waals surface area contributed by atoms with E-state index in [9.17, 15) is 9.18 Å². The van der Waals surface area contributed by atoms with Crippen molar-refractivity contribution in [3.05, 3.63) is 47.1 Å². The van der Waals surface area contributed by atoms with Crippen LogP contribution in [0.5, 0.6) is 0 Å². The van der Waals surface area contributed by atoms with Crippen molar-refractivity contribution in [2.24, 2.45) is 0 Å². The lowest BCUT2D eigenvalue weighted by molar-refractivity contribution is 0.0691. The van der Waals surface area contributed by atoms with Gasteiger partial charge in [-0.1, -0.05) is 5.16 Å². The first-order valence-electron chi connectivity index (χ1n) is 5.14. The van der Waals surface area contributed by atoms with Gasteiger partial charge < -0.3 is 9.63 Å². The Bertz CT molecular complexity index is 582. The van der Waals surface area contributed by atoms with Crippen molar-refractivity contribution < 1.29 is 18.8 Å². The molecule has 18 heavy (non-hydrogen) atoms. The molecule has 6 heteroatoms. The minimum absolute atomic E-state index is 0.325. The van der Waals surface area contributed by atoms with E-state index >= 15 is 0 Å². The number of rotatable bonds is 4. The van der Waals surface area contributed by atoms with Gasteiger partial charge in [0, 0.05) is 11.0 Å². The maximum atomic E-state index is 13.2. The molecule has 0 radical (unpaired) electrons. The van der Waals surface area contributed by atoms with E-state index in [0.29, 0.717) is 16.4 Å². The van der Waals surface area contributed by atoms with Crippen molar-refractivity contribution in [2.75, 3.05) is 0 Å². The molecule has 0 atom stereocenters. The second-order valence-corrected chi connectivity index (χ2v) is 4.72. The van der Waals surface area contributed by atoms with Gasteiger partial charge in [0.05, 0.1) is 17.0 Å². The smallest absolute Gasteiger partial charge is 0.338 e. The first kappa shape index (κ1) is 12.6. The number of aromatic nitrogens is 1. The van der Waals surface area contributed by atoms with Gasteiger partial charge in [-0.25, -0.2) is 9.18 Å². The molecule has 4 nitrogen and oxygen atoms in total. The summed E-state index contributed by atoms with van der Waals surface area (Å²) in [6.07, 6.45) is 0. The molecule has 0 saturated carbocycles. The highest BCUT2D eigenvalue weighted by Gasteiger charge is 2.11. The molecular weight excluding hydrogens is 257 g/mol. The van der Waals surface area contributed by atoms with Gasteiger partial charge in [0.15, 0.2) is 0 Å². The first-order valence-corrected chi connectivity index (χ1v) is 6.12. The molecule has 2 aromatic rings. The standard InChI is InChI=1S/C12H10FNO3S/c1-7-4-8(17-14-7)6-18-9-2-3-11(13)10(5-9)12(15)16/h2-5H,6H2,1H3,(H,15,16).